The Labute approximate surface area is 236 Å². The Balaban J connectivity index is 0.000000400. The zero-order chi connectivity index (χ0) is 30.1. The fraction of sp³-hybridized carbons (Fsp3) is 0.720. The minimum Gasteiger partial charge on any atom is -0.399 e. The maximum Gasteiger partial charge on any atom is 0.277 e. The summed E-state index contributed by atoms with van der Waals surface area (Å²) >= 11 is 0. The Morgan fingerprint density at radius 2 is 1.10 bits per heavy atom. The normalized spacial score (nSPS) is 18.0. The van der Waals surface area contributed by atoms with E-state index in [9.17, 15) is 14.4 Å². The van der Waals surface area contributed by atoms with Gasteiger partial charge in [-0.05, 0) is 53.6 Å². The van der Waals surface area contributed by atoms with Gasteiger partial charge in [0.2, 0.25) is 6.41 Å². The first-order chi connectivity index (χ1) is 19.1. The number of carbonyl (C=O) groups excluding carboxylic acids is 3. The highest BCUT2D eigenvalue weighted by molar-refractivity contribution is 6.66. The fourth-order valence-electron chi connectivity index (χ4n) is 4.29. The summed E-state index contributed by atoms with van der Waals surface area (Å²) in [6, 6.07) is 0.642. The third kappa shape index (κ3) is 10.8. The number of piperidine rings is 2. The van der Waals surface area contributed by atoms with E-state index in [1.807, 2.05) is 0 Å². The molecule has 2 aliphatic heterocycles. The summed E-state index contributed by atoms with van der Waals surface area (Å²) in [4.78, 5) is 59.6. The van der Waals surface area contributed by atoms with Crippen molar-refractivity contribution in [3.05, 3.63) is 0 Å². The van der Waals surface area contributed by atoms with Crippen molar-refractivity contribution in [3.8, 4) is 0 Å². The van der Waals surface area contributed by atoms with Crippen LogP contribution in [0.1, 0.15) is 39.5 Å². The van der Waals surface area contributed by atoms with Gasteiger partial charge in [0, 0.05) is 38.3 Å². The zero-order valence-corrected chi connectivity index (χ0v) is 24.9. The highest BCUT2D eigenvalue weighted by Gasteiger charge is 2.29. The Morgan fingerprint density at radius 3 is 1.43 bits per heavy atom. The largest absolute Gasteiger partial charge is 0.399 e. The highest BCUT2D eigenvalue weighted by Crippen LogP contribution is 2.15. The van der Waals surface area contributed by atoms with E-state index in [1.165, 1.54) is 28.4 Å². The second kappa shape index (κ2) is 18.5. The van der Waals surface area contributed by atoms with Crippen LogP contribution < -0.4 is 5.32 Å². The first kappa shape index (κ1) is 34.3. The van der Waals surface area contributed by atoms with E-state index in [4.69, 9.17) is 9.68 Å². The van der Waals surface area contributed by atoms with Crippen molar-refractivity contribution >= 4 is 41.1 Å². The van der Waals surface area contributed by atoms with Crippen LogP contribution in [0.3, 0.4) is 0 Å². The third-order valence-corrected chi connectivity index (χ3v) is 6.48. The van der Waals surface area contributed by atoms with Crippen molar-refractivity contribution in [3.63, 3.8) is 0 Å². The van der Waals surface area contributed by atoms with Crippen LogP contribution in [-0.4, -0.2) is 137 Å². The van der Waals surface area contributed by atoms with Crippen LogP contribution in [0.25, 0.3) is 0 Å². The summed E-state index contributed by atoms with van der Waals surface area (Å²) in [6.07, 6.45) is 4.03. The molecule has 15 nitrogen and oxygen atoms in total. The van der Waals surface area contributed by atoms with Gasteiger partial charge in [-0.1, -0.05) is 20.6 Å². The van der Waals surface area contributed by atoms with E-state index >= 15 is 0 Å². The Hall–Kier alpha value is -3.75. The molecule has 1 N–H and O–H groups in total. The number of hydrogen-bond acceptors (Lipinski definition) is 12. The first-order valence-corrected chi connectivity index (χ1v) is 13.0. The number of amides is 3. The van der Waals surface area contributed by atoms with Crippen molar-refractivity contribution in [2.24, 2.45) is 20.6 Å². The number of carbonyl (C=O) groups is 3. The van der Waals surface area contributed by atoms with Crippen molar-refractivity contribution < 1.29 is 33.7 Å². The van der Waals surface area contributed by atoms with Crippen LogP contribution in [0.4, 0.5) is 0 Å². The second-order valence-corrected chi connectivity index (χ2v) is 9.30. The van der Waals surface area contributed by atoms with Crippen LogP contribution in [-0.2, 0) is 33.7 Å². The van der Waals surface area contributed by atoms with Gasteiger partial charge in [-0.3, -0.25) is 14.4 Å². The molecule has 15 heteroatoms. The minimum atomic E-state index is -0.255. The van der Waals surface area contributed by atoms with Crippen molar-refractivity contribution in [1.29, 1.82) is 0 Å². The smallest absolute Gasteiger partial charge is 0.277 e. The average molecular weight is 569 g/mol. The predicted octanol–water partition coefficient (Wildman–Crippen LogP) is 0.312. The van der Waals surface area contributed by atoms with Crippen LogP contribution in [0.2, 0.25) is 0 Å². The lowest BCUT2D eigenvalue weighted by atomic mass is 10.0. The molecular formula is C25H44N8O7. The third-order valence-electron chi connectivity index (χ3n) is 6.48. The zero-order valence-electron chi connectivity index (χ0n) is 24.9. The number of rotatable bonds is 11. The molecule has 0 atom stereocenters. The second-order valence-electron chi connectivity index (χ2n) is 9.30. The van der Waals surface area contributed by atoms with E-state index < -0.39 is 0 Å². The summed E-state index contributed by atoms with van der Waals surface area (Å²) in [7, 11) is 9.74. The summed E-state index contributed by atoms with van der Waals surface area (Å²) in [5.74, 6) is -0.419. The molecule has 0 spiro atoms. The van der Waals surface area contributed by atoms with E-state index in [0.29, 0.717) is 62.9 Å². The molecule has 2 heterocycles. The van der Waals surface area contributed by atoms with Gasteiger partial charge in [-0.25, -0.2) is 0 Å². The van der Waals surface area contributed by atoms with Gasteiger partial charge in [-0.2, -0.15) is 0 Å². The van der Waals surface area contributed by atoms with Gasteiger partial charge in [0.05, 0.1) is 0 Å². The molecule has 0 aromatic carbocycles. The Kier molecular flexibility index (Phi) is 15.9. The molecule has 0 bridgehead atoms. The maximum absolute atomic E-state index is 12.4. The van der Waals surface area contributed by atoms with Gasteiger partial charge in [0.25, 0.3) is 11.8 Å². The first-order valence-electron chi connectivity index (χ1n) is 13.0. The van der Waals surface area contributed by atoms with E-state index in [2.05, 4.69) is 54.6 Å². The van der Waals surface area contributed by atoms with Crippen LogP contribution in [0.5, 0.6) is 0 Å². The van der Waals surface area contributed by atoms with Crippen LogP contribution >= 0.6 is 0 Å². The highest BCUT2D eigenvalue weighted by atomic mass is 16.6. The van der Waals surface area contributed by atoms with Gasteiger partial charge in [0.15, 0.2) is 11.4 Å². The summed E-state index contributed by atoms with van der Waals surface area (Å²) in [5.41, 5.74) is 1.08. The molecule has 2 saturated heterocycles. The molecule has 2 aliphatic rings. The molecule has 0 saturated carbocycles. The molecule has 40 heavy (non-hydrogen) atoms. The predicted molar refractivity (Wildman–Crippen MR) is 151 cm³/mol. The molecular weight excluding hydrogens is 524 g/mol. The summed E-state index contributed by atoms with van der Waals surface area (Å²) in [5, 5.41) is 17.7. The molecule has 0 radical (unpaired) electrons. The van der Waals surface area contributed by atoms with Gasteiger partial charge in [0.1, 0.15) is 39.9 Å². The standard InChI is InChI=1S/C13H24N4O3.C12H20N4O4/c1-10(14-19-4)12(15-20-5)13(18)17-8-6-11(7-9-17)16(2)3;1-9(14-19-2)11(15-20-3)12(18)16-6-4-10(5-7-16)13-8-17/h11H,6-9H2,1-5H3;8,10H,4-7H2,1-3H3,(H,13,17). The molecule has 226 valence electrons. The molecule has 0 aromatic heterocycles. The number of nitrogens with one attached hydrogen (secondary N) is 1. The molecule has 0 aromatic rings. The summed E-state index contributed by atoms with van der Waals surface area (Å²) < 4.78 is 0. The fourth-order valence-corrected chi connectivity index (χ4v) is 4.29. The average Bonchev–Trinajstić information content (AvgIpc) is 2.95. The SMILES string of the molecule is CON=C(C)C(=NOC)C(=O)N1CCC(N(C)C)CC1.CON=C(C)C(=NOC)C(=O)N1CCC(NC=O)CC1. The van der Waals surface area contributed by atoms with Crippen LogP contribution in [0, 0.1) is 0 Å². The van der Waals surface area contributed by atoms with E-state index in [0.717, 1.165) is 12.8 Å². The van der Waals surface area contributed by atoms with E-state index in [1.54, 1.807) is 23.6 Å². The lowest BCUT2D eigenvalue weighted by Crippen LogP contribution is -2.48. The van der Waals surface area contributed by atoms with Gasteiger partial charge in [-0.15, -0.1) is 0 Å². The lowest BCUT2D eigenvalue weighted by molar-refractivity contribution is -0.126. The Morgan fingerprint density at radius 1 is 0.725 bits per heavy atom. The quantitative estimate of drug-likeness (QED) is 0.212. The lowest BCUT2D eigenvalue weighted by Gasteiger charge is -2.35. The molecule has 2 fully saturated rings. The monoisotopic (exact) mass is 568 g/mol. The molecule has 0 unspecified atom stereocenters. The molecule has 0 aliphatic carbocycles. The van der Waals surface area contributed by atoms with Gasteiger partial charge < -0.3 is 39.4 Å². The summed E-state index contributed by atoms with van der Waals surface area (Å²) in [6.45, 7) is 5.82. The van der Waals surface area contributed by atoms with E-state index in [-0.39, 0.29) is 29.3 Å². The minimum absolute atomic E-state index is 0.119. The number of nitrogens with zero attached hydrogens (tertiary/aromatic N) is 7. The van der Waals surface area contributed by atoms with Crippen molar-refractivity contribution in [2.45, 2.75) is 51.6 Å². The molecule has 2 rings (SSSR count). The maximum atomic E-state index is 12.4. The van der Waals surface area contributed by atoms with Crippen LogP contribution in [0.15, 0.2) is 20.6 Å². The Bertz CT molecular complexity index is 935. The number of likely N-dealkylation sites (tertiary alicyclic amines) is 2. The number of hydrogen-bond donors (Lipinski definition) is 1. The topological polar surface area (TPSA) is 159 Å². The van der Waals surface area contributed by atoms with Crippen molar-refractivity contribution in [1.82, 2.24) is 20.0 Å². The van der Waals surface area contributed by atoms with Gasteiger partial charge >= 0.3 is 0 Å². The number of oxime groups is 4. The van der Waals surface area contributed by atoms with Crippen molar-refractivity contribution in [2.75, 3.05) is 68.7 Å². The molecule has 3 amide bonds.